The van der Waals surface area contributed by atoms with Crippen LogP contribution in [0.15, 0.2) is 18.2 Å². The monoisotopic (exact) mass is 322 g/mol. The second-order valence-electron chi connectivity index (χ2n) is 7.31. The Bertz CT molecular complexity index is 544. The van der Waals surface area contributed by atoms with Crippen LogP contribution < -0.4 is 4.74 Å². The fraction of sp³-hybridized carbons (Fsp3) is 0.632. The predicted octanol–water partition coefficient (Wildman–Crippen LogP) is 4.43. The van der Waals surface area contributed by atoms with Gasteiger partial charge in [-0.05, 0) is 69.2 Å². The summed E-state index contributed by atoms with van der Waals surface area (Å²) in [5.41, 5.74) is 1.92. The van der Waals surface area contributed by atoms with Gasteiger partial charge in [-0.15, -0.1) is 0 Å². The van der Waals surface area contributed by atoms with Crippen LogP contribution in [0.25, 0.3) is 0 Å². The number of ether oxygens (including phenoxy) is 2. The van der Waals surface area contributed by atoms with Gasteiger partial charge in [0.15, 0.2) is 0 Å². The van der Waals surface area contributed by atoms with Crippen LogP contribution in [0.3, 0.4) is 0 Å². The van der Waals surface area contributed by atoms with E-state index in [0.717, 1.165) is 5.56 Å². The molecule has 0 bridgehead atoms. The van der Waals surface area contributed by atoms with Gasteiger partial charge in [0.25, 0.3) is 0 Å². The Morgan fingerprint density at radius 1 is 1.35 bits per heavy atom. The van der Waals surface area contributed by atoms with Gasteiger partial charge in [0, 0.05) is 0 Å². The number of hydrogen-bond acceptors (Lipinski definition) is 3. The van der Waals surface area contributed by atoms with E-state index >= 15 is 0 Å². The number of alkyl halides is 1. The molecule has 0 heterocycles. The quantitative estimate of drug-likeness (QED) is 0.697. The molecule has 1 aromatic carbocycles. The largest absolute Gasteiger partial charge is 0.491 e. The molecule has 3 nitrogen and oxygen atoms in total. The van der Waals surface area contributed by atoms with Crippen LogP contribution in [-0.2, 0) is 16.0 Å². The van der Waals surface area contributed by atoms with E-state index in [0.29, 0.717) is 18.1 Å². The SMILES string of the molecule is C[C@@H](Cc1cc(OCCF)ccc1C1CC1)C(=O)OC(C)(C)C. The lowest BCUT2D eigenvalue weighted by atomic mass is 9.94. The van der Waals surface area contributed by atoms with Crippen molar-refractivity contribution >= 4 is 5.97 Å². The van der Waals surface area contributed by atoms with Crippen LogP contribution in [0.1, 0.15) is 57.6 Å². The molecule has 1 aliphatic rings. The normalized spacial score (nSPS) is 16.0. The summed E-state index contributed by atoms with van der Waals surface area (Å²) in [6.07, 6.45) is 3.00. The number of carbonyl (C=O) groups excluding carboxylic acids is 1. The first-order valence-electron chi connectivity index (χ1n) is 8.34. The van der Waals surface area contributed by atoms with Crippen molar-refractivity contribution in [1.82, 2.24) is 0 Å². The minimum atomic E-state index is -0.506. The molecule has 2 rings (SSSR count). The summed E-state index contributed by atoms with van der Waals surface area (Å²) in [5.74, 6) is 0.849. The first kappa shape index (κ1) is 17.8. The highest BCUT2D eigenvalue weighted by atomic mass is 19.1. The number of esters is 1. The number of halogens is 1. The Kier molecular flexibility index (Phi) is 5.66. The summed E-state index contributed by atoms with van der Waals surface area (Å²) in [6.45, 7) is 7.06. The Morgan fingerprint density at radius 2 is 2.04 bits per heavy atom. The van der Waals surface area contributed by atoms with E-state index in [1.807, 2.05) is 39.8 Å². The highest BCUT2D eigenvalue weighted by molar-refractivity contribution is 5.73. The molecule has 0 unspecified atom stereocenters. The van der Waals surface area contributed by atoms with Gasteiger partial charge in [-0.2, -0.15) is 0 Å². The van der Waals surface area contributed by atoms with E-state index in [1.165, 1.54) is 18.4 Å². The molecule has 0 spiro atoms. The van der Waals surface area contributed by atoms with E-state index < -0.39 is 12.3 Å². The third-order valence-corrected chi connectivity index (χ3v) is 3.81. The molecular formula is C19H27FO3. The first-order chi connectivity index (χ1) is 10.8. The predicted molar refractivity (Wildman–Crippen MR) is 88.6 cm³/mol. The van der Waals surface area contributed by atoms with Gasteiger partial charge in [0.1, 0.15) is 24.6 Å². The lowest BCUT2D eigenvalue weighted by Gasteiger charge is -2.23. The lowest BCUT2D eigenvalue weighted by Crippen LogP contribution is -2.28. The van der Waals surface area contributed by atoms with E-state index in [1.54, 1.807) is 0 Å². The molecule has 1 fully saturated rings. The Morgan fingerprint density at radius 3 is 2.61 bits per heavy atom. The van der Waals surface area contributed by atoms with Crippen molar-refractivity contribution in [3.05, 3.63) is 29.3 Å². The van der Waals surface area contributed by atoms with Crippen LogP contribution in [0.2, 0.25) is 0 Å². The smallest absolute Gasteiger partial charge is 0.309 e. The molecule has 0 saturated heterocycles. The Hall–Kier alpha value is -1.58. The highest BCUT2D eigenvalue weighted by Gasteiger charge is 2.28. The second kappa shape index (κ2) is 7.33. The number of hydrogen-bond donors (Lipinski definition) is 0. The van der Waals surface area contributed by atoms with Crippen molar-refractivity contribution in [1.29, 1.82) is 0 Å². The van der Waals surface area contributed by atoms with Gasteiger partial charge in [-0.25, -0.2) is 4.39 Å². The maximum Gasteiger partial charge on any atom is 0.309 e. The van der Waals surface area contributed by atoms with Crippen molar-refractivity contribution in [2.75, 3.05) is 13.3 Å². The van der Waals surface area contributed by atoms with Crippen LogP contribution in [-0.4, -0.2) is 24.9 Å². The summed E-state index contributed by atoms with van der Waals surface area (Å²) < 4.78 is 23.1. The molecule has 1 aliphatic carbocycles. The minimum absolute atomic E-state index is 0.0594. The van der Waals surface area contributed by atoms with E-state index in [2.05, 4.69) is 6.07 Å². The van der Waals surface area contributed by atoms with E-state index in [4.69, 9.17) is 9.47 Å². The lowest BCUT2D eigenvalue weighted by molar-refractivity contribution is -0.159. The third kappa shape index (κ3) is 5.52. The van der Waals surface area contributed by atoms with Crippen molar-refractivity contribution < 1.29 is 18.7 Å². The maximum atomic E-state index is 12.3. The van der Waals surface area contributed by atoms with Gasteiger partial charge in [-0.1, -0.05) is 13.0 Å². The molecular weight excluding hydrogens is 295 g/mol. The fourth-order valence-electron chi connectivity index (χ4n) is 2.61. The Balaban J connectivity index is 2.11. The van der Waals surface area contributed by atoms with Gasteiger partial charge in [-0.3, -0.25) is 4.79 Å². The molecule has 23 heavy (non-hydrogen) atoms. The highest BCUT2D eigenvalue weighted by Crippen LogP contribution is 2.43. The van der Waals surface area contributed by atoms with E-state index in [9.17, 15) is 9.18 Å². The number of benzene rings is 1. The maximum absolute atomic E-state index is 12.3. The average molecular weight is 322 g/mol. The summed E-state index contributed by atoms with van der Waals surface area (Å²) in [7, 11) is 0. The van der Waals surface area contributed by atoms with Crippen molar-refractivity contribution in [2.45, 2.75) is 58.5 Å². The molecule has 128 valence electrons. The number of rotatable bonds is 7. The molecule has 1 aromatic rings. The zero-order chi connectivity index (χ0) is 17.0. The van der Waals surface area contributed by atoms with Crippen LogP contribution in [0, 0.1) is 5.92 Å². The van der Waals surface area contributed by atoms with Gasteiger partial charge in [0.05, 0.1) is 5.92 Å². The zero-order valence-corrected chi connectivity index (χ0v) is 14.5. The number of carbonyl (C=O) groups is 1. The van der Waals surface area contributed by atoms with Crippen molar-refractivity contribution in [3.63, 3.8) is 0 Å². The first-order valence-corrected chi connectivity index (χ1v) is 8.34. The Labute approximate surface area is 138 Å². The van der Waals surface area contributed by atoms with Gasteiger partial charge < -0.3 is 9.47 Å². The summed E-state index contributed by atoms with van der Waals surface area (Å²) >= 11 is 0. The molecule has 0 aliphatic heterocycles. The molecule has 1 saturated carbocycles. The topological polar surface area (TPSA) is 35.5 Å². The molecule has 0 amide bonds. The van der Waals surface area contributed by atoms with E-state index in [-0.39, 0.29) is 18.5 Å². The van der Waals surface area contributed by atoms with Crippen molar-refractivity contribution in [2.24, 2.45) is 5.92 Å². The minimum Gasteiger partial charge on any atom is -0.491 e. The van der Waals surface area contributed by atoms with Gasteiger partial charge >= 0.3 is 5.97 Å². The average Bonchev–Trinajstić information content (AvgIpc) is 3.28. The van der Waals surface area contributed by atoms with Crippen LogP contribution in [0.5, 0.6) is 5.75 Å². The second-order valence-corrected chi connectivity index (χ2v) is 7.31. The molecule has 0 N–H and O–H groups in total. The molecule has 4 heteroatoms. The standard InChI is InChI=1S/C19H27FO3/c1-13(18(21)23-19(2,3)4)11-15-12-16(22-10-9-20)7-8-17(15)14-5-6-14/h7-8,12-14H,5-6,9-11H2,1-4H3/t13-/m0/s1. The van der Waals surface area contributed by atoms with Gasteiger partial charge in [0.2, 0.25) is 0 Å². The summed E-state index contributed by atoms with van der Waals surface area (Å²) in [5, 5.41) is 0. The van der Waals surface area contributed by atoms with Crippen molar-refractivity contribution in [3.8, 4) is 5.75 Å². The van der Waals surface area contributed by atoms with Crippen LogP contribution >= 0.6 is 0 Å². The van der Waals surface area contributed by atoms with Crippen LogP contribution in [0.4, 0.5) is 4.39 Å². The molecule has 1 atom stereocenters. The fourth-order valence-corrected chi connectivity index (χ4v) is 2.61. The summed E-state index contributed by atoms with van der Waals surface area (Å²) in [6, 6.07) is 5.90. The zero-order valence-electron chi connectivity index (χ0n) is 14.5. The third-order valence-electron chi connectivity index (χ3n) is 3.81. The molecule has 0 aromatic heterocycles. The molecule has 0 radical (unpaired) electrons. The summed E-state index contributed by atoms with van der Waals surface area (Å²) in [4.78, 5) is 12.2.